The first-order valence-electron chi connectivity index (χ1n) is 4.83. The molecule has 0 aliphatic carbocycles. The van der Waals surface area contributed by atoms with E-state index in [1.54, 1.807) is 35.9 Å². The molecule has 0 unspecified atom stereocenters. The van der Waals surface area contributed by atoms with Crippen LogP contribution in [0.4, 0.5) is 0 Å². The van der Waals surface area contributed by atoms with Crippen molar-refractivity contribution in [3.05, 3.63) is 42.7 Å². The molecule has 0 spiro atoms. The second-order valence-electron chi connectivity index (χ2n) is 3.41. The van der Waals surface area contributed by atoms with E-state index in [2.05, 4.69) is 9.97 Å². The van der Waals surface area contributed by atoms with Crippen LogP contribution in [-0.2, 0) is 0 Å². The number of aromatic nitrogens is 2. The fraction of sp³-hybridized carbons (Fsp3) is 0. The lowest BCUT2D eigenvalue weighted by Crippen LogP contribution is -1.76. The number of benzene rings is 1. The molecule has 3 rings (SSSR count). The highest BCUT2D eigenvalue weighted by atomic mass is 32.1. The van der Waals surface area contributed by atoms with Crippen LogP contribution >= 0.6 is 11.3 Å². The van der Waals surface area contributed by atoms with Gasteiger partial charge in [0.1, 0.15) is 10.8 Å². The van der Waals surface area contributed by atoms with E-state index in [9.17, 15) is 5.11 Å². The molecule has 3 aromatic rings. The monoisotopic (exact) mass is 228 g/mol. The van der Waals surface area contributed by atoms with Gasteiger partial charge in [-0.15, -0.1) is 11.3 Å². The van der Waals surface area contributed by atoms with Crippen molar-refractivity contribution in [3.63, 3.8) is 0 Å². The molecule has 0 fully saturated rings. The summed E-state index contributed by atoms with van der Waals surface area (Å²) in [5.74, 6) is 0.272. The minimum atomic E-state index is 0.272. The molecule has 4 heteroatoms. The summed E-state index contributed by atoms with van der Waals surface area (Å²) in [6.07, 6.45) is 3.53. The van der Waals surface area contributed by atoms with Gasteiger partial charge in [-0.1, -0.05) is 0 Å². The summed E-state index contributed by atoms with van der Waals surface area (Å²) in [4.78, 5) is 8.56. The van der Waals surface area contributed by atoms with Crippen LogP contribution in [0.5, 0.6) is 5.75 Å². The van der Waals surface area contributed by atoms with Gasteiger partial charge in [0, 0.05) is 18.0 Å². The third-order valence-electron chi connectivity index (χ3n) is 2.28. The quantitative estimate of drug-likeness (QED) is 0.696. The van der Waals surface area contributed by atoms with Crippen LogP contribution in [0.25, 0.3) is 20.8 Å². The molecule has 78 valence electrons. The summed E-state index contributed by atoms with van der Waals surface area (Å²) in [7, 11) is 0. The molecule has 0 atom stereocenters. The summed E-state index contributed by atoms with van der Waals surface area (Å²) >= 11 is 1.55. The Balaban J connectivity index is 2.19. The van der Waals surface area contributed by atoms with E-state index in [1.165, 1.54) is 0 Å². The Bertz CT molecular complexity index is 634. The SMILES string of the molecule is Oc1ccc2nc(-c3cccnc3)sc2c1. The van der Waals surface area contributed by atoms with E-state index in [0.29, 0.717) is 0 Å². The maximum absolute atomic E-state index is 9.38. The van der Waals surface area contributed by atoms with E-state index in [0.717, 1.165) is 20.8 Å². The standard InChI is InChI=1S/C12H8N2OS/c15-9-3-4-10-11(6-9)16-12(14-10)8-2-1-5-13-7-8/h1-7,15H. The number of phenolic OH excluding ortho intramolecular Hbond substituents is 1. The van der Waals surface area contributed by atoms with Crippen molar-refractivity contribution >= 4 is 21.6 Å². The number of thiazole rings is 1. The lowest BCUT2D eigenvalue weighted by molar-refractivity contribution is 0.476. The van der Waals surface area contributed by atoms with Gasteiger partial charge in [-0.3, -0.25) is 4.98 Å². The van der Waals surface area contributed by atoms with Gasteiger partial charge in [-0.05, 0) is 30.3 Å². The average Bonchev–Trinajstić information content (AvgIpc) is 2.73. The topological polar surface area (TPSA) is 46.0 Å². The van der Waals surface area contributed by atoms with E-state index in [-0.39, 0.29) is 5.75 Å². The van der Waals surface area contributed by atoms with Crippen molar-refractivity contribution in [2.45, 2.75) is 0 Å². The molecule has 0 aliphatic heterocycles. The van der Waals surface area contributed by atoms with E-state index >= 15 is 0 Å². The number of aromatic hydroxyl groups is 1. The normalized spacial score (nSPS) is 10.8. The van der Waals surface area contributed by atoms with Gasteiger partial charge in [0.25, 0.3) is 0 Å². The summed E-state index contributed by atoms with van der Waals surface area (Å²) < 4.78 is 0.985. The molecular formula is C12H8N2OS. The smallest absolute Gasteiger partial charge is 0.126 e. The zero-order chi connectivity index (χ0) is 11.0. The van der Waals surface area contributed by atoms with E-state index in [4.69, 9.17) is 0 Å². The average molecular weight is 228 g/mol. The van der Waals surface area contributed by atoms with Crippen LogP contribution in [0, 0.1) is 0 Å². The van der Waals surface area contributed by atoms with Crippen molar-refractivity contribution in [1.29, 1.82) is 0 Å². The van der Waals surface area contributed by atoms with Crippen LogP contribution in [0.1, 0.15) is 0 Å². The lowest BCUT2D eigenvalue weighted by Gasteiger charge is -1.91. The van der Waals surface area contributed by atoms with Gasteiger partial charge < -0.3 is 5.11 Å². The summed E-state index contributed by atoms with van der Waals surface area (Å²) in [5, 5.41) is 10.3. The first kappa shape index (κ1) is 9.30. The second kappa shape index (κ2) is 3.57. The van der Waals surface area contributed by atoms with Crippen LogP contribution < -0.4 is 0 Å². The highest BCUT2D eigenvalue weighted by Crippen LogP contribution is 2.31. The first-order chi connectivity index (χ1) is 7.83. The summed E-state index contributed by atoms with van der Waals surface area (Å²) in [5.41, 5.74) is 1.91. The third kappa shape index (κ3) is 1.53. The maximum atomic E-state index is 9.38. The van der Waals surface area contributed by atoms with E-state index < -0.39 is 0 Å². The zero-order valence-corrected chi connectivity index (χ0v) is 9.11. The molecule has 0 amide bonds. The molecule has 1 aromatic carbocycles. The first-order valence-corrected chi connectivity index (χ1v) is 5.64. The molecule has 2 aromatic heterocycles. The Kier molecular flexibility index (Phi) is 2.08. The van der Waals surface area contributed by atoms with E-state index in [1.807, 2.05) is 18.2 Å². The fourth-order valence-electron chi connectivity index (χ4n) is 1.53. The molecule has 0 saturated carbocycles. The number of hydrogen-bond donors (Lipinski definition) is 1. The van der Waals surface area contributed by atoms with Crippen molar-refractivity contribution in [2.75, 3.05) is 0 Å². The van der Waals surface area contributed by atoms with Gasteiger partial charge in [-0.2, -0.15) is 0 Å². The molecule has 2 heterocycles. The number of fused-ring (bicyclic) bond motifs is 1. The molecule has 0 aliphatic rings. The van der Waals surface area contributed by atoms with Gasteiger partial charge >= 0.3 is 0 Å². The van der Waals surface area contributed by atoms with Crippen LogP contribution in [-0.4, -0.2) is 15.1 Å². The van der Waals surface area contributed by atoms with Gasteiger partial charge in [0.05, 0.1) is 10.2 Å². The largest absolute Gasteiger partial charge is 0.508 e. The third-order valence-corrected chi connectivity index (χ3v) is 3.35. The number of pyridine rings is 1. The minimum Gasteiger partial charge on any atom is -0.508 e. The second-order valence-corrected chi connectivity index (χ2v) is 4.44. The van der Waals surface area contributed by atoms with Crippen LogP contribution in [0.3, 0.4) is 0 Å². The summed E-state index contributed by atoms with van der Waals surface area (Å²) in [6, 6.07) is 9.06. The lowest BCUT2D eigenvalue weighted by atomic mass is 10.3. The van der Waals surface area contributed by atoms with Crippen molar-refractivity contribution < 1.29 is 5.11 Å². The Morgan fingerprint density at radius 3 is 2.94 bits per heavy atom. The maximum Gasteiger partial charge on any atom is 0.126 e. The molecule has 0 radical (unpaired) electrons. The number of nitrogens with zero attached hydrogens (tertiary/aromatic N) is 2. The number of phenols is 1. The number of hydrogen-bond acceptors (Lipinski definition) is 4. The van der Waals surface area contributed by atoms with Crippen LogP contribution in [0.15, 0.2) is 42.7 Å². The Morgan fingerprint density at radius 1 is 1.19 bits per heavy atom. The van der Waals surface area contributed by atoms with Gasteiger partial charge in [0.2, 0.25) is 0 Å². The molecule has 16 heavy (non-hydrogen) atoms. The predicted molar refractivity (Wildman–Crippen MR) is 64.5 cm³/mol. The predicted octanol–water partition coefficient (Wildman–Crippen LogP) is 3.06. The van der Waals surface area contributed by atoms with Gasteiger partial charge in [-0.25, -0.2) is 4.98 Å². The van der Waals surface area contributed by atoms with Gasteiger partial charge in [0.15, 0.2) is 0 Å². The van der Waals surface area contributed by atoms with Crippen molar-refractivity contribution in [2.24, 2.45) is 0 Å². The molecule has 0 saturated heterocycles. The Morgan fingerprint density at radius 2 is 2.12 bits per heavy atom. The number of rotatable bonds is 1. The molecule has 1 N–H and O–H groups in total. The Labute approximate surface area is 96.0 Å². The summed E-state index contributed by atoms with van der Waals surface area (Å²) in [6.45, 7) is 0. The Hall–Kier alpha value is -1.94. The highest BCUT2D eigenvalue weighted by Gasteiger charge is 2.06. The zero-order valence-electron chi connectivity index (χ0n) is 8.29. The van der Waals surface area contributed by atoms with Crippen LogP contribution in [0.2, 0.25) is 0 Å². The van der Waals surface area contributed by atoms with Crippen molar-refractivity contribution in [3.8, 4) is 16.3 Å². The fourth-order valence-corrected chi connectivity index (χ4v) is 2.51. The molecule has 0 bridgehead atoms. The molecule has 3 nitrogen and oxygen atoms in total. The van der Waals surface area contributed by atoms with Crippen molar-refractivity contribution in [1.82, 2.24) is 9.97 Å². The minimum absolute atomic E-state index is 0.272. The highest BCUT2D eigenvalue weighted by molar-refractivity contribution is 7.21. The molecular weight excluding hydrogens is 220 g/mol.